The van der Waals surface area contributed by atoms with Crippen molar-refractivity contribution in [3.05, 3.63) is 59.9 Å². The van der Waals surface area contributed by atoms with E-state index in [0.717, 1.165) is 50.9 Å². The molecule has 2 heterocycles. The molecule has 5 nitrogen and oxygen atoms in total. The summed E-state index contributed by atoms with van der Waals surface area (Å²) < 4.78 is 0. The highest BCUT2D eigenvalue weighted by Gasteiger charge is 2.51. The summed E-state index contributed by atoms with van der Waals surface area (Å²) in [5.74, 6) is 0.220. The van der Waals surface area contributed by atoms with Gasteiger partial charge in [-0.05, 0) is 61.1 Å². The van der Waals surface area contributed by atoms with E-state index in [0.29, 0.717) is 6.04 Å². The Balaban J connectivity index is 1.31. The molecule has 1 aliphatic carbocycles. The molecule has 2 fully saturated rings. The number of nitrogens with zero attached hydrogens (tertiary/aromatic N) is 3. The number of nitrogens with one attached hydrogen (secondary N) is 1. The van der Waals surface area contributed by atoms with Crippen molar-refractivity contribution >= 4 is 11.6 Å². The van der Waals surface area contributed by atoms with Gasteiger partial charge in [-0.15, -0.1) is 0 Å². The molecule has 2 aliphatic rings. The number of amides is 1. The van der Waals surface area contributed by atoms with Crippen LogP contribution in [-0.2, 0) is 16.8 Å². The van der Waals surface area contributed by atoms with Gasteiger partial charge in [-0.3, -0.25) is 14.7 Å². The standard InChI is InChI=1S/C23H30N4O/c1-26(2)21-5-3-19(4-6-21)23(11-12-23)22(28)25-20-9-15-27(16-10-20)17-18-7-13-24-14-8-18/h3-8,13-14,20H,9-12,15-17H2,1-2H3,(H,25,28). The maximum Gasteiger partial charge on any atom is 0.230 e. The first-order valence-corrected chi connectivity index (χ1v) is 10.3. The van der Waals surface area contributed by atoms with Gasteiger partial charge in [0.1, 0.15) is 0 Å². The second-order valence-corrected chi connectivity index (χ2v) is 8.40. The summed E-state index contributed by atoms with van der Waals surface area (Å²) >= 11 is 0. The summed E-state index contributed by atoms with van der Waals surface area (Å²) in [6.45, 7) is 3.01. The Morgan fingerprint density at radius 2 is 1.75 bits per heavy atom. The van der Waals surface area contributed by atoms with E-state index < -0.39 is 0 Å². The van der Waals surface area contributed by atoms with Crippen LogP contribution in [0.3, 0.4) is 0 Å². The van der Waals surface area contributed by atoms with E-state index in [1.54, 1.807) is 0 Å². The number of anilines is 1. The van der Waals surface area contributed by atoms with Crippen LogP contribution in [0.15, 0.2) is 48.8 Å². The van der Waals surface area contributed by atoms with Gasteiger partial charge < -0.3 is 10.2 Å². The van der Waals surface area contributed by atoms with Crippen molar-refractivity contribution in [1.82, 2.24) is 15.2 Å². The highest BCUT2D eigenvalue weighted by atomic mass is 16.2. The molecular weight excluding hydrogens is 348 g/mol. The van der Waals surface area contributed by atoms with Gasteiger partial charge in [0.05, 0.1) is 5.41 Å². The van der Waals surface area contributed by atoms with Gasteiger partial charge in [-0.1, -0.05) is 12.1 Å². The molecule has 0 bridgehead atoms. The molecule has 4 rings (SSSR count). The molecule has 2 aromatic rings. The average Bonchev–Trinajstić information content (AvgIpc) is 3.52. The highest BCUT2D eigenvalue weighted by molar-refractivity contribution is 5.91. The number of pyridine rings is 1. The number of likely N-dealkylation sites (tertiary alicyclic amines) is 1. The number of carbonyl (C=O) groups is 1. The lowest BCUT2D eigenvalue weighted by molar-refractivity contribution is -0.124. The number of aromatic nitrogens is 1. The molecule has 0 spiro atoms. The fourth-order valence-corrected chi connectivity index (χ4v) is 4.16. The quantitative estimate of drug-likeness (QED) is 0.840. The van der Waals surface area contributed by atoms with Crippen LogP contribution in [0, 0.1) is 0 Å². The van der Waals surface area contributed by atoms with Gasteiger partial charge in [0.15, 0.2) is 0 Å². The van der Waals surface area contributed by atoms with E-state index in [1.807, 2.05) is 26.5 Å². The van der Waals surface area contributed by atoms with E-state index in [2.05, 4.69) is 56.5 Å². The molecule has 1 saturated carbocycles. The number of hydrogen-bond acceptors (Lipinski definition) is 4. The van der Waals surface area contributed by atoms with E-state index >= 15 is 0 Å². The first-order valence-electron chi connectivity index (χ1n) is 10.3. The van der Waals surface area contributed by atoms with Crippen molar-refractivity contribution in [3.8, 4) is 0 Å². The number of rotatable bonds is 6. The minimum atomic E-state index is -0.293. The molecule has 1 aliphatic heterocycles. The summed E-state index contributed by atoms with van der Waals surface area (Å²) in [6.07, 6.45) is 7.66. The smallest absolute Gasteiger partial charge is 0.230 e. The lowest BCUT2D eigenvalue weighted by Crippen LogP contribution is -2.47. The molecule has 0 unspecified atom stereocenters. The predicted octanol–water partition coefficient (Wildman–Crippen LogP) is 2.96. The lowest BCUT2D eigenvalue weighted by Gasteiger charge is -2.33. The summed E-state index contributed by atoms with van der Waals surface area (Å²) in [6, 6.07) is 12.9. The van der Waals surface area contributed by atoms with E-state index in [-0.39, 0.29) is 11.3 Å². The average molecular weight is 379 g/mol. The van der Waals surface area contributed by atoms with Gasteiger partial charge >= 0.3 is 0 Å². The van der Waals surface area contributed by atoms with Crippen molar-refractivity contribution in [2.24, 2.45) is 0 Å². The van der Waals surface area contributed by atoms with Crippen molar-refractivity contribution in [1.29, 1.82) is 0 Å². The van der Waals surface area contributed by atoms with Gasteiger partial charge in [-0.2, -0.15) is 0 Å². The molecule has 0 radical (unpaired) electrons. The number of hydrogen-bond donors (Lipinski definition) is 1. The zero-order valence-electron chi connectivity index (χ0n) is 16.9. The normalized spacial score (nSPS) is 19.2. The van der Waals surface area contributed by atoms with Crippen molar-refractivity contribution in [2.45, 2.75) is 43.7 Å². The first-order chi connectivity index (χ1) is 13.6. The van der Waals surface area contributed by atoms with Crippen molar-refractivity contribution < 1.29 is 4.79 Å². The third-order valence-electron chi connectivity index (χ3n) is 6.20. The summed E-state index contributed by atoms with van der Waals surface area (Å²) in [7, 11) is 4.07. The van der Waals surface area contributed by atoms with E-state index in [9.17, 15) is 4.79 Å². The molecule has 1 saturated heterocycles. The van der Waals surface area contributed by atoms with Crippen molar-refractivity contribution in [3.63, 3.8) is 0 Å². The highest BCUT2D eigenvalue weighted by Crippen LogP contribution is 2.48. The van der Waals surface area contributed by atoms with Crippen LogP contribution in [0.5, 0.6) is 0 Å². The fraction of sp³-hybridized carbons (Fsp3) is 0.478. The summed E-state index contributed by atoms with van der Waals surface area (Å²) in [5.41, 5.74) is 3.33. The van der Waals surface area contributed by atoms with E-state index in [4.69, 9.17) is 0 Å². The molecular formula is C23H30N4O. The van der Waals surface area contributed by atoms with Gasteiger partial charge in [0, 0.05) is 57.9 Å². The topological polar surface area (TPSA) is 48.5 Å². The number of carbonyl (C=O) groups excluding carboxylic acids is 1. The molecule has 1 N–H and O–H groups in total. The predicted molar refractivity (Wildman–Crippen MR) is 112 cm³/mol. The van der Waals surface area contributed by atoms with Crippen LogP contribution < -0.4 is 10.2 Å². The Hall–Kier alpha value is -2.40. The third-order valence-corrected chi connectivity index (χ3v) is 6.20. The number of piperidine rings is 1. The Labute approximate surface area is 167 Å². The SMILES string of the molecule is CN(C)c1ccc(C2(C(=O)NC3CCN(Cc4ccncc4)CC3)CC2)cc1. The minimum Gasteiger partial charge on any atom is -0.378 e. The Morgan fingerprint density at radius 3 is 2.32 bits per heavy atom. The monoisotopic (exact) mass is 378 g/mol. The first kappa shape index (κ1) is 18.9. The van der Waals surface area contributed by atoms with Crippen LogP contribution >= 0.6 is 0 Å². The molecule has 1 amide bonds. The largest absolute Gasteiger partial charge is 0.378 e. The fourth-order valence-electron chi connectivity index (χ4n) is 4.16. The maximum absolute atomic E-state index is 13.0. The number of benzene rings is 1. The third kappa shape index (κ3) is 4.04. The van der Waals surface area contributed by atoms with Crippen molar-refractivity contribution in [2.75, 3.05) is 32.1 Å². The second kappa shape index (κ2) is 7.92. The molecule has 148 valence electrons. The zero-order chi connectivity index (χ0) is 19.6. The maximum atomic E-state index is 13.0. The summed E-state index contributed by atoms with van der Waals surface area (Å²) in [5, 5.41) is 3.36. The van der Waals surface area contributed by atoms with Crippen LogP contribution in [0.1, 0.15) is 36.8 Å². The second-order valence-electron chi connectivity index (χ2n) is 8.40. The van der Waals surface area contributed by atoms with E-state index in [1.165, 1.54) is 11.3 Å². The molecule has 1 aromatic heterocycles. The molecule has 5 heteroatoms. The zero-order valence-corrected chi connectivity index (χ0v) is 16.9. The Kier molecular flexibility index (Phi) is 5.36. The molecule has 1 aromatic carbocycles. The summed E-state index contributed by atoms with van der Waals surface area (Å²) in [4.78, 5) is 21.7. The van der Waals surface area contributed by atoms with Gasteiger partial charge in [-0.25, -0.2) is 0 Å². The molecule has 0 atom stereocenters. The van der Waals surface area contributed by atoms with Crippen LogP contribution in [-0.4, -0.2) is 49.0 Å². The Morgan fingerprint density at radius 1 is 1.11 bits per heavy atom. The minimum absolute atomic E-state index is 0.220. The van der Waals surface area contributed by atoms with Crippen LogP contribution in [0.4, 0.5) is 5.69 Å². The van der Waals surface area contributed by atoms with Crippen LogP contribution in [0.2, 0.25) is 0 Å². The lowest BCUT2D eigenvalue weighted by atomic mass is 9.93. The van der Waals surface area contributed by atoms with Crippen LogP contribution in [0.25, 0.3) is 0 Å². The van der Waals surface area contributed by atoms with Gasteiger partial charge in [0.2, 0.25) is 5.91 Å². The molecule has 28 heavy (non-hydrogen) atoms. The van der Waals surface area contributed by atoms with Gasteiger partial charge in [0.25, 0.3) is 0 Å². The Bertz CT molecular complexity index is 791.